The summed E-state index contributed by atoms with van der Waals surface area (Å²) in [7, 11) is 0. The Morgan fingerprint density at radius 1 is 1.33 bits per heavy atom. The van der Waals surface area contributed by atoms with E-state index in [-0.39, 0.29) is 34.9 Å². The van der Waals surface area contributed by atoms with Gasteiger partial charge < -0.3 is 10.6 Å². The van der Waals surface area contributed by atoms with E-state index in [0.717, 1.165) is 23.4 Å². The molecule has 5 heteroatoms. The number of hydrogen-bond donors (Lipinski definition) is 2. The van der Waals surface area contributed by atoms with Crippen molar-refractivity contribution in [2.75, 3.05) is 5.32 Å². The Bertz CT molecular complexity index is 644. The molecule has 1 saturated carbocycles. The van der Waals surface area contributed by atoms with Crippen molar-refractivity contribution in [3.63, 3.8) is 0 Å². The van der Waals surface area contributed by atoms with E-state index in [9.17, 15) is 9.59 Å². The van der Waals surface area contributed by atoms with Gasteiger partial charge in [-0.3, -0.25) is 9.59 Å². The molecule has 2 N–H and O–H groups in total. The van der Waals surface area contributed by atoms with Gasteiger partial charge in [-0.15, -0.1) is 11.8 Å². The lowest BCUT2D eigenvalue weighted by molar-refractivity contribution is -0.125. The summed E-state index contributed by atoms with van der Waals surface area (Å²) in [5, 5.41) is 5.71. The van der Waals surface area contributed by atoms with Crippen LogP contribution in [0.15, 0.2) is 29.2 Å². The standard InChI is InChI=1S/C19H26N2O2S/c1-12-8-13(11-19(2,3)10-12)20-17(22)9-16-18(23)21-14-6-4-5-7-15(14)24-16/h4-7,12-13,16H,8-11H2,1-3H3,(H,20,22)(H,21,23)/t12-,13+,16-/m1/s1. The molecule has 4 nitrogen and oxygen atoms in total. The summed E-state index contributed by atoms with van der Waals surface area (Å²) >= 11 is 1.48. The monoisotopic (exact) mass is 346 g/mol. The molecule has 0 bridgehead atoms. The maximum Gasteiger partial charge on any atom is 0.238 e. The van der Waals surface area contributed by atoms with Crippen LogP contribution >= 0.6 is 11.8 Å². The first-order chi connectivity index (χ1) is 11.3. The molecule has 0 unspecified atom stereocenters. The summed E-state index contributed by atoms with van der Waals surface area (Å²) in [6.45, 7) is 6.79. The number of amides is 2. The Morgan fingerprint density at radius 3 is 2.83 bits per heavy atom. The average molecular weight is 346 g/mol. The second-order valence-electron chi connectivity index (χ2n) is 7.97. The third kappa shape index (κ3) is 4.12. The predicted molar refractivity (Wildman–Crippen MR) is 98.1 cm³/mol. The van der Waals surface area contributed by atoms with E-state index >= 15 is 0 Å². The average Bonchev–Trinajstić information content (AvgIpc) is 2.45. The van der Waals surface area contributed by atoms with Crippen molar-refractivity contribution in [3.05, 3.63) is 24.3 Å². The van der Waals surface area contributed by atoms with Crippen LogP contribution in [0.2, 0.25) is 0 Å². The smallest absolute Gasteiger partial charge is 0.238 e. The zero-order valence-electron chi connectivity index (χ0n) is 14.6. The molecule has 1 aromatic carbocycles. The summed E-state index contributed by atoms with van der Waals surface area (Å²) < 4.78 is 0. The Balaban J connectivity index is 1.58. The van der Waals surface area contributed by atoms with Gasteiger partial charge in [0, 0.05) is 17.4 Å². The number of benzene rings is 1. The number of fused-ring (bicyclic) bond motifs is 1. The van der Waals surface area contributed by atoms with Crippen LogP contribution in [0.3, 0.4) is 0 Å². The largest absolute Gasteiger partial charge is 0.353 e. The molecule has 0 spiro atoms. The van der Waals surface area contributed by atoms with Gasteiger partial charge in [-0.05, 0) is 42.7 Å². The molecule has 1 aliphatic carbocycles. The second kappa shape index (κ2) is 6.79. The number of carbonyl (C=O) groups is 2. The maximum absolute atomic E-state index is 12.5. The highest BCUT2D eigenvalue weighted by molar-refractivity contribution is 8.01. The zero-order chi connectivity index (χ0) is 17.3. The normalized spacial score (nSPS) is 28.6. The molecule has 1 fully saturated rings. The van der Waals surface area contributed by atoms with Crippen LogP contribution in [0, 0.1) is 11.3 Å². The van der Waals surface area contributed by atoms with Crippen LogP contribution < -0.4 is 10.6 Å². The molecular formula is C19H26N2O2S. The van der Waals surface area contributed by atoms with Crippen LogP contribution in [0.5, 0.6) is 0 Å². The first-order valence-corrected chi connectivity index (χ1v) is 9.56. The van der Waals surface area contributed by atoms with E-state index in [4.69, 9.17) is 0 Å². The highest BCUT2D eigenvalue weighted by atomic mass is 32.2. The fourth-order valence-electron chi connectivity index (χ4n) is 4.14. The molecule has 2 amide bonds. The summed E-state index contributed by atoms with van der Waals surface area (Å²) in [5.74, 6) is 0.529. The maximum atomic E-state index is 12.5. The van der Waals surface area contributed by atoms with Gasteiger partial charge in [0.25, 0.3) is 0 Å². The highest BCUT2D eigenvalue weighted by Gasteiger charge is 2.34. The third-order valence-corrected chi connectivity index (χ3v) is 6.10. The van der Waals surface area contributed by atoms with E-state index in [1.165, 1.54) is 18.2 Å². The lowest BCUT2D eigenvalue weighted by atomic mass is 9.70. The van der Waals surface area contributed by atoms with Crippen molar-refractivity contribution in [2.24, 2.45) is 11.3 Å². The Morgan fingerprint density at radius 2 is 2.08 bits per heavy atom. The molecule has 0 radical (unpaired) electrons. The summed E-state index contributed by atoms with van der Waals surface area (Å²) in [4.78, 5) is 25.7. The zero-order valence-corrected chi connectivity index (χ0v) is 15.4. The van der Waals surface area contributed by atoms with Crippen molar-refractivity contribution in [1.29, 1.82) is 0 Å². The van der Waals surface area contributed by atoms with Gasteiger partial charge in [0.1, 0.15) is 0 Å². The van der Waals surface area contributed by atoms with E-state index in [1.807, 2.05) is 24.3 Å². The van der Waals surface area contributed by atoms with Gasteiger partial charge in [0.15, 0.2) is 0 Å². The third-order valence-electron chi connectivity index (χ3n) is 4.83. The Labute approximate surface area is 148 Å². The van der Waals surface area contributed by atoms with Crippen LogP contribution in [-0.2, 0) is 9.59 Å². The highest BCUT2D eigenvalue weighted by Crippen LogP contribution is 2.39. The number of anilines is 1. The van der Waals surface area contributed by atoms with Crippen molar-refractivity contribution < 1.29 is 9.59 Å². The number of nitrogens with one attached hydrogen (secondary N) is 2. The molecule has 1 heterocycles. The summed E-state index contributed by atoms with van der Waals surface area (Å²) in [6.07, 6.45) is 3.48. The predicted octanol–water partition coefficient (Wildman–Crippen LogP) is 3.82. The van der Waals surface area contributed by atoms with Gasteiger partial charge in [-0.1, -0.05) is 32.9 Å². The van der Waals surface area contributed by atoms with E-state index in [1.54, 1.807) is 0 Å². The molecule has 0 aromatic heterocycles. The first-order valence-electron chi connectivity index (χ1n) is 8.68. The van der Waals surface area contributed by atoms with Gasteiger partial charge >= 0.3 is 0 Å². The molecule has 1 aliphatic heterocycles. The molecule has 130 valence electrons. The molecular weight excluding hydrogens is 320 g/mol. The second-order valence-corrected chi connectivity index (χ2v) is 9.22. The number of carbonyl (C=O) groups excluding carboxylic acids is 2. The lowest BCUT2D eigenvalue weighted by Gasteiger charge is -2.39. The van der Waals surface area contributed by atoms with Gasteiger partial charge in [0.05, 0.1) is 10.9 Å². The van der Waals surface area contributed by atoms with Crippen molar-refractivity contribution >= 4 is 29.3 Å². The first kappa shape index (κ1) is 17.3. The number of hydrogen-bond acceptors (Lipinski definition) is 3. The molecule has 3 rings (SSSR count). The van der Waals surface area contributed by atoms with Crippen LogP contribution in [0.25, 0.3) is 0 Å². The number of para-hydroxylation sites is 1. The molecule has 24 heavy (non-hydrogen) atoms. The topological polar surface area (TPSA) is 58.2 Å². The minimum absolute atomic E-state index is 0.0167. The Kier molecular flexibility index (Phi) is 4.90. The SMILES string of the molecule is C[C@@H]1C[C@H](NC(=O)C[C@H]2Sc3ccccc3NC2=O)CC(C)(C)C1. The van der Waals surface area contributed by atoms with Crippen molar-refractivity contribution in [1.82, 2.24) is 5.32 Å². The van der Waals surface area contributed by atoms with Crippen molar-refractivity contribution in [3.8, 4) is 0 Å². The molecule has 1 aromatic rings. The van der Waals surface area contributed by atoms with Crippen LogP contribution in [-0.4, -0.2) is 23.1 Å². The fraction of sp³-hybridized carbons (Fsp3) is 0.579. The van der Waals surface area contributed by atoms with Gasteiger partial charge in [0.2, 0.25) is 11.8 Å². The van der Waals surface area contributed by atoms with Crippen LogP contribution in [0.4, 0.5) is 5.69 Å². The number of thioether (sulfide) groups is 1. The van der Waals surface area contributed by atoms with Crippen molar-refractivity contribution in [2.45, 2.75) is 62.6 Å². The van der Waals surface area contributed by atoms with E-state index in [0.29, 0.717) is 5.92 Å². The quantitative estimate of drug-likeness (QED) is 0.875. The van der Waals surface area contributed by atoms with Crippen LogP contribution in [0.1, 0.15) is 46.5 Å². The molecule has 2 aliphatic rings. The lowest BCUT2D eigenvalue weighted by Crippen LogP contribution is -2.44. The molecule has 0 saturated heterocycles. The number of rotatable bonds is 3. The van der Waals surface area contributed by atoms with Gasteiger partial charge in [-0.25, -0.2) is 0 Å². The summed E-state index contributed by atoms with van der Waals surface area (Å²) in [5.41, 5.74) is 1.11. The van der Waals surface area contributed by atoms with E-state index in [2.05, 4.69) is 31.4 Å². The minimum atomic E-state index is -0.353. The summed E-state index contributed by atoms with van der Waals surface area (Å²) in [6, 6.07) is 7.95. The van der Waals surface area contributed by atoms with E-state index < -0.39 is 0 Å². The fourth-order valence-corrected chi connectivity index (χ4v) is 5.25. The van der Waals surface area contributed by atoms with Gasteiger partial charge in [-0.2, -0.15) is 0 Å². The Hall–Kier alpha value is -1.49. The molecule has 3 atom stereocenters. The minimum Gasteiger partial charge on any atom is -0.353 e.